The monoisotopic (exact) mass is 461 g/mol. The van der Waals surface area contributed by atoms with Crippen LogP contribution in [0.2, 0.25) is 10.0 Å². The number of hydrogen-bond acceptors (Lipinski definition) is 5. The molecule has 0 bridgehead atoms. The van der Waals surface area contributed by atoms with Crippen LogP contribution in [0.1, 0.15) is 5.69 Å². The lowest BCUT2D eigenvalue weighted by Crippen LogP contribution is -2.42. The van der Waals surface area contributed by atoms with Crippen LogP contribution in [-0.2, 0) is 6.54 Å². The van der Waals surface area contributed by atoms with E-state index in [2.05, 4.69) is 26.2 Å². The molecular formula is C21H21Cl2N5OS. The summed E-state index contributed by atoms with van der Waals surface area (Å²) >= 11 is 13.5. The molecule has 1 aliphatic heterocycles. The number of benzene rings is 2. The molecule has 1 aromatic heterocycles. The second-order valence-corrected chi connectivity index (χ2v) is 8.63. The van der Waals surface area contributed by atoms with Gasteiger partial charge in [-0.25, -0.2) is 9.78 Å². The van der Waals surface area contributed by atoms with Crippen molar-refractivity contribution in [3.63, 3.8) is 0 Å². The molecule has 1 aliphatic rings. The molecule has 6 nitrogen and oxygen atoms in total. The average Bonchev–Trinajstić information content (AvgIpc) is 3.20. The van der Waals surface area contributed by atoms with Crippen molar-refractivity contribution in [2.45, 2.75) is 6.54 Å². The fourth-order valence-corrected chi connectivity index (χ4v) is 4.29. The molecular weight excluding hydrogens is 441 g/mol. The highest BCUT2D eigenvalue weighted by atomic mass is 35.5. The van der Waals surface area contributed by atoms with E-state index in [9.17, 15) is 4.79 Å². The molecule has 0 aliphatic carbocycles. The Morgan fingerprint density at radius 1 is 1.03 bits per heavy atom. The van der Waals surface area contributed by atoms with Gasteiger partial charge < -0.3 is 16.0 Å². The summed E-state index contributed by atoms with van der Waals surface area (Å²) < 4.78 is 0. The zero-order chi connectivity index (χ0) is 20.9. The number of aromatic nitrogens is 1. The van der Waals surface area contributed by atoms with Gasteiger partial charge in [0.25, 0.3) is 0 Å². The maximum atomic E-state index is 12.2. The zero-order valence-electron chi connectivity index (χ0n) is 16.1. The molecule has 0 saturated carbocycles. The Hall–Kier alpha value is -2.16. The number of carbonyl (C=O) groups is 1. The van der Waals surface area contributed by atoms with Crippen molar-refractivity contribution < 1.29 is 4.79 Å². The van der Waals surface area contributed by atoms with Gasteiger partial charge in [-0.15, -0.1) is 11.3 Å². The molecule has 2 amide bonds. The zero-order valence-corrected chi connectivity index (χ0v) is 18.4. The summed E-state index contributed by atoms with van der Waals surface area (Å²) in [6, 6.07) is 12.2. The third-order valence-corrected chi connectivity index (χ3v) is 6.39. The van der Waals surface area contributed by atoms with Crippen molar-refractivity contribution >= 4 is 51.9 Å². The highest BCUT2D eigenvalue weighted by Crippen LogP contribution is 2.27. The summed E-state index contributed by atoms with van der Waals surface area (Å²) in [4.78, 5) is 19.4. The van der Waals surface area contributed by atoms with Gasteiger partial charge >= 0.3 is 6.03 Å². The SMILES string of the molecule is O=C(Nc1ccc(-c2nc(CN3CCNCC3)cs2)cc1)Nc1ccc(Cl)c(Cl)c1. The molecule has 3 aromatic rings. The van der Waals surface area contributed by atoms with Crippen LogP contribution >= 0.6 is 34.5 Å². The van der Waals surface area contributed by atoms with E-state index in [1.165, 1.54) is 0 Å². The van der Waals surface area contributed by atoms with Crippen molar-refractivity contribution in [3.05, 3.63) is 63.6 Å². The molecule has 4 rings (SSSR count). The van der Waals surface area contributed by atoms with Gasteiger partial charge in [0, 0.05) is 55.0 Å². The van der Waals surface area contributed by atoms with Gasteiger partial charge in [-0.2, -0.15) is 0 Å². The van der Waals surface area contributed by atoms with Crippen LogP contribution in [0, 0.1) is 0 Å². The lowest BCUT2D eigenvalue weighted by molar-refractivity contribution is 0.231. The Labute approximate surface area is 189 Å². The van der Waals surface area contributed by atoms with Crippen LogP contribution in [-0.4, -0.2) is 42.1 Å². The molecule has 0 atom stereocenters. The van der Waals surface area contributed by atoms with Gasteiger partial charge in [0.2, 0.25) is 0 Å². The predicted molar refractivity (Wildman–Crippen MR) is 125 cm³/mol. The first-order valence-corrected chi connectivity index (χ1v) is 11.2. The Kier molecular flexibility index (Phi) is 6.86. The minimum atomic E-state index is -0.353. The van der Waals surface area contributed by atoms with Crippen molar-refractivity contribution in [2.24, 2.45) is 0 Å². The number of anilines is 2. The number of thiazole rings is 1. The standard InChI is InChI=1S/C21H21Cl2N5OS/c22-18-6-5-16(11-19(18)23)27-21(29)26-15-3-1-14(2-4-15)20-25-17(13-30-20)12-28-9-7-24-8-10-28/h1-6,11,13,24H,7-10,12H2,(H2,26,27,29). The summed E-state index contributed by atoms with van der Waals surface area (Å²) in [5.41, 5.74) is 3.38. The number of nitrogens with one attached hydrogen (secondary N) is 3. The molecule has 3 N–H and O–H groups in total. The van der Waals surface area contributed by atoms with Crippen molar-refractivity contribution in [3.8, 4) is 10.6 Å². The third kappa shape index (κ3) is 5.50. The molecule has 1 saturated heterocycles. The quantitative estimate of drug-likeness (QED) is 0.490. The van der Waals surface area contributed by atoms with Crippen molar-refractivity contribution in [1.29, 1.82) is 0 Å². The van der Waals surface area contributed by atoms with Crippen molar-refractivity contribution in [2.75, 3.05) is 36.8 Å². The molecule has 2 heterocycles. The summed E-state index contributed by atoms with van der Waals surface area (Å²) in [5, 5.41) is 12.8. The predicted octanol–water partition coefficient (Wildman–Crippen LogP) is 5.17. The first-order valence-electron chi connectivity index (χ1n) is 9.58. The number of nitrogens with zero attached hydrogens (tertiary/aromatic N) is 2. The minimum absolute atomic E-state index is 0.353. The van der Waals surface area contributed by atoms with Crippen LogP contribution in [0.4, 0.5) is 16.2 Å². The normalized spacial score (nSPS) is 14.5. The highest BCUT2D eigenvalue weighted by molar-refractivity contribution is 7.13. The molecule has 2 aromatic carbocycles. The van der Waals surface area contributed by atoms with E-state index in [1.807, 2.05) is 24.3 Å². The molecule has 0 radical (unpaired) electrons. The number of hydrogen-bond donors (Lipinski definition) is 3. The van der Waals surface area contributed by atoms with E-state index in [0.29, 0.717) is 21.4 Å². The molecule has 9 heteroatoms. The Bertz CT molecular complexity index is 1020. The van der Waals surface area contributed by atoms with Crippen LogP contribution in [0.5, 0.6) is 0 Å². The number of carbonyl (C=O) groups excluding carboxylic acids is 1. The van der Waals surface area contributed by atoms with Gasteiger partial charge in [0.1, 0.15) is 5.01 Å². The third-order valence-electron chi connectivity index (χ3n) is 4.71. The largest absolute Gasteiger partial charge is 0.323 e. The van der Waals surface area contributed by atoms with E-state index in [0.717, 1.165) is 49.0 Å². The minimum Gasteiger partial charge on any atom is -0.314 e. The lowest BCUT2D eigenvalue weighted by atomic mass is 10.2. The van der Waals surface area contributed by atoms with Gasteiger partial charge in [-0.1, -0.05) is 23.2 Å². The van der Waals surface area contributed by atoms with Crippen LogP contribution in [0.3, 0.4) is 0 Å². The lowest BCUT2D eigenvalue weighted by Gasteiger charge is -2.26. The van der Waals surface area contributed by atoms with Crippen LogP contribution in [0.25, 0.3) is 10.6 Å². The van der Waals surface area contributed by atoms with E-state index in [-0.39, 0.29) is 6.03 Å². The van der Waals surface area contributed by atoms with Crippen molar-refractivity contribution in [1.82, 2.24) is 15.2 Å². The second kappa shape index (κ2) is 9.76. The van der Waals surface area contributed by atoms with Gasteiger partial charge in [0.05, 0.1) is 15.7 Å². The number of amides is 2. The Morgan fingerprint density at radius 3 is 2.47 bits per heavy atom. The Morgan fingerprint density at radius 2 is 1.73 bits per heavy atom. The van der Waals surface area contributed by atoms with Crippen LogP contribution < -0.4 is 16.0 Å². The first kappa shape index (κ1) is 21.1. The van der Waals surface area contributed by atoms with E-state index >= 15 is 0 Å². The molecule has 30 heavy (non-hydrogen) atoms. The number of halogens is 2. The molecule has 0 unspecified atom stereocenters. The van der Waals surface area contributed by atoms with E-state index < -0.39 is 0 Å². The fourth-order valence-electron chi connectivity index (χ4n) is 3.17. The molecule has 0 spiro atoms. The topological polar surface area (TPSA) is 69.3 Å². The fraction of sp³-hybridized carbons (Fsp3) is 0.238. The van der Waals surface area contributed by atoms with E-state index in [4.69, 9.17) is 28.2 Å². The summed E-state index contributed by atoms with van der Waals surface area (Å²) in [6.07, 6.45) is 0. The van der Waals surface area contributed by atoms with Gasteiger partial charge in [-0.3, -0.25) is 4.90 Å². The number of rotatable bonds is 5. The smallest absolute Gasteiger partial charge is 0.314 e. The van der Waals surface area contributed by atoms with Crippen LogP contribution in [0.15, 0.2) is 47.8 Å². The second-order valence-electron chi connectivity index (χ2n) is 6.96. The first-order chi connectivity index (χ1) is 14.6. The maximum absolute atomic E-state index is 12.2. The van der Waals surface area contributed by atoms with Gasteiger partial charge in [0.15, 0.2) is 0 Å². The summed E-state index contributed by atoms with van der Waals surface area (Å²) in [5.74, 6) is 0. The summed E-state index contributed by atoms with van der Waals surface area (Å²) in [7, 11) is 0. The maximum Gasteiger partial charge on any atom is 0.323 e. The Balaban J connectivity index is 1.34. The number of urea groups is 1. The van der Waals surface area contributed by atoms with E-state index in [1.54, 1.807) is 29.5 Å². The average molecular weight is 462 g/mol. The summed E-state index contributed by atoms with van der Waals surface area (Å²) in [6.45, 7) is 5.05. The number of piperazine rings is 1. The highest BCUT2D eigenvalue weighted by Gasteiger charge is 2.13. The molecule has 1 fully saturated rings. The van der Waals surface area contributed by atoms with Gasteiger partial charge in [-0.05, 0) is 42.5 Å². The molecule has 156 valence electrons.